The molecular weight excluding hydrogens is 360 g/mol. The second kappa shape index (κ2) is 7.14. The van der Waals surface area contributed by atoms with E-state index in [1.54, 1.807) is 7.11 Å². The number of benzene rings is 3. The number of rotatable bonds is 3. The molecule has 29 heavy (non-hydrogen) atoms. The first-order valence-corrected chi connectivity index (χ1v) is 10.1. The van der Waals surface area contributed by atoms with Crippen molar-refractivity contribution in [2.75, 3.05) is 7.11 Å². The molecule has 3 heteroatoms. The number of hydrogen-bond donors (Lipinski definition) is 0. The maximum atomic E-state index is 12.1. The van der Waals surface area contributed by atoms with Crippen LogP contribution in [0.1, 0.15) is 50.7 Å². The van der Waals surface area contributed by atoms with Gasteiger partial charge in [0.1, 0.15) is 23.2 Å². The van der Waals surface area contributed by atoms with Gasteiger partial charge in [0, 0.05) is 18.4 Å². The smallest absolute Gasteiger partial charge is 0.148 e. The van der Waals surface area contributed by atoms with Gasteiger partial charge in [-0.2, -0.15) is 0 Å². The number of carbonyl (C=O) groups is 2. The molecule has 0 spiro atoms. The Labute approximate surface area is 171 Å². The first-order chi connectivity index (χ1) is 13.8. The predicted molar refractivity (Wildman–Crippen MR) is 117 cm³/mol. The summed E-state index contributed by atoms with van der Waals surface area (Å²) < 4.78 is 5.56. The fourth-order valence-electron chi connectivity index (χ4n) is 4.18. The van der Waals surface area contributed by atoms with Gasteiger partial charge in [0.05, 0.1) is 7.11 Å². The van der Waals surface area contributed by atoms with E-state index >= 15 is 0 Å². The molecule has 0 saturated heterocycles. The molecule has 148 valence electrons. The van der Waals surface area contributed by atoms with E-state index in [0.717, 1.165) is 33.2 Å². The van der Waals surface area contributed by atoms with Crippen molar-refractivity contribution in [1.29, 1.82) is 0 Å². The van der Waals surface area contributed by atoms with Crippen molar-refractivity contribution in [3.8, 4) is 16.9 Å². The summed E-state index contributed by atoms with van der Waals surface area (Å²) in [5, 5.41) is 2.14. The summed E-state index contributed by atoms with van der Waals surface area (Å²) in [5.74, 6) is 0.408. The van der Waals surface area contributed by atoms with E-state index in [9.17, 15) is 9.59 Å². The zero-order chi connectivity index (χ0) is 20.8. The minimum Gasteiger partial charge on any atom is -0.496 e. The van der Waals surface area contributed by atoms with Gasteiger partial charge in [-0.05, 0) is 57.1 Å². The highest BCUT2D eigenvalue weighted by Crippen LogP contribution is 2.36. The zero-order valence-corrected chi connectivity index (χ0v) is 17.4. The van der Waals surface area contributed by atoms with Crippen LogP contribution in [-0.4, -0.2) is 18.7 Å². The third-order valence-electron chi connectivity index (χ3n) is 5.80. The van der Waals surface area contributed by atoms with E-state index in [2.05, 4.69) is 51.1 Å². The summed E-state index contributed by atoms with van der Waals surface area (Å²) in [6.45, 7) is 6.55. The molecule has 3 nitrogen and oxygen atoms in total. The molecule has 3 aromatic carbocycles. The van der Waals surface area contributed by atoms with Gasteiger partial charge in [0.15, 0.2) is 0 Å². The average Bonchev–Trinajstić information content (AvgIpc) is 3.04. The number of carbonyl (C=O) groups excluding carboxylic acids is 2. The van der Waals surface area contributed by atoms with E-state index in [4.69, 9.17) is 4.74 Å². The molecule has 1 fully saturated rings. The van der Waals surface area contributed by atoms with Gasteiger partial charge >= 0.3 is 0 Å². The standard InChI is InChI=1S/C26H26O3/c1-26(2,3)21-15-19(9-12-24(21)29-4)17-5-6-18-14-20(8-7-16(18)13-17)25-22(27)10-11-23(25)28/h5-9,12-15,25H,10-11H2,1-4H3. The number of methoxy groups -OCH3 is 1. The SMILES string of the molecule is COc1ccc(-c2ccc3cc(C4C(=O)CCC4=O)ccc3c2)cc1C(C)(C)C. The Hall–Kier alpha value is -2.94. The summed E-state index contributed by atoms with van der Waals surface area (Å²) in [5.41, 5.74) is 4.24. The van der Waals surface area contributed by atoms with Gasteiger partial charge < -0.3 is 4.74 Å². The average molecular weight is 386 g/mol. The minimum absolute atomic E-state index is 0.0204. The number of ketones is 2. The highest BCUT2D eigenvalue weighted by atomic mass is 16.5. The Morgan fingerprint density at radius 2 is 1.38 bits per heavy atom. The fourth-order valence-corrected chi connectivity index (χ4v) is 4.18. The minimum atomic E-state index is -0.574. The van der Waals surface area contributed by atoms with Crippen LogP contribution in [0.2, 0.25) is 0 Å². The molecule has 0 aliphatic heterocycles. The predicted octanol–water partition coefficient (Wildman–Crippen LogP) is 5.83. The topological polar surface area (TPSA) is 43.4 Å². The van der Waals surface area contributed by atoms with Crippen LogP contribution in [0.4, 0.5) is 0 Å². The largest absolute Gasteiger partial charge is 0.496 e. The van der Waals surface area contributed by atoms with Crippen molar-refractivity contribution in [3.05, 3.63) is 65.7 Å². The quantitative estimate of drug-likeness (QED) is 0.532. The van der Waals surface area contributed by atoms with E-state index < -0.39 is 5.92 Å². The van der Waals surface area contributed by atoms with Crippen molar-refractivity contribution in [1.82, 2.24) is 0 Å². The number of hydrogen-bond acceptors (Lipinski definition) is 3. The molecule has 1 aliphatic rings. The highest BCUT2D eigenvalue weighted by Gasteiger charge is 2.34. The van der Waals surface area contributed by atoms with Crippen molar-refractivity contribution >= 4 is 22.3 Å². The van der Waals surface area contributed by atoms with Gasteiger partial charge in [-0.1, -0.05) is 51.1 Å². The molecule has 0 atom stereocenters. The van der Waals surface area contributed by atoms with Crippen molar-refractivity contribution in [2.24, 2.45) is 0 Å². The second-order valence-corrected chi connectivity index (χ2v) is 8.85. The molecule has 0 bridgehead atoms. The van der Waals surface area contributed by atoms with Crippen LogP contribution in [0.3, 0.4) is 0 Å². The molecule has 0 amide bonds. The lowest BCUT2D eigenvalue weighted by atomic mass is 9.84. The Morgan fingerprint density at radius 3 is 2.03 bits per heavy atom. The van der Waals surface area contributed by atoms with Crippen molar-refractivity contribution < 1.29 is 14.3 Å². The molecular formula is C26H26O3. The van der Waals surface area contributed by atoms with Gasteiger partial charge in [-0.25, -0.2) is 0 Å². The molecule has 0 unspecified atom stereocenters. The Kier molecular flexibility index (Phi) is 4.77. The van der Waals surface area contributed by atoms with Gasteiger partial charge in [-0.15, -0.1) is 0 Å². The van der Waals surface area contributed by atoms with Crippen LogP contribution in [-0.2, 0) is 15.0 Å². The van der Waals surface area contributed by atoms with Crippen LogP contribution >= 0.6 is 0 Å². The van der Waals surface area contributed by atoms with Crippen molar-refractivity contribution in [2.45, 2.75) is 44.9 Å². The second-order valence-electron chi connectivity index (χ2n) is 8.85. The summed E-state index contributed by atoms with van der Waals surface area (Å²) in [6, 6.07) is 18.6. The normalized spacial score (nSPS) is 15.3. The molecule has 0 N–H and O–H groups in total. The van der Waals surface area contributed by atoms with Crippen LogP contribution in [0.5, 0.6) is 5.75 Å². The first kappa shape index (κ1) is 19.4. The summed E-state index contributed by atoms with van der Waals surface area (Å²) in [6.07, 6.45) is 0.738. The lowest BCUT2D eigenvalue weighted by Gasteiger charge is -2.23. The number of ether oxygens (including phenoxy) is 1. The lowest BCUT2D eigenvalue weighted by Crippen LogP contribution is -2.12. The van der Waals surface area contributed by atoms with E-state index in [1.807, 2.05) is 24.3 Å². The fraction of sp³-hybridized carbons (Fsp3) is 0.308. The van der Waals surface area contributed by atoms with E-state index in [1.165, 1.54) is 5.56 Å². The Morgan fingerprint density at radius 1 is 0.793 bits per heavy atom. The number of fused-ring (bicyclic) bond motifs is 1. The first-order valence-electron chi connectivity index (χ1n) is 10.1. The Bertz CT molecular complexity index is 1100. The van der Waals surface area contributed by atoms with Gasteiger partial charge in [0.25, 0.3) is 0 Å². The Balaban J connectivity index is 1.74. The third-order valence-corrected chi connectivity index (χ3v) is 5.80. The zero-order valence-electron chi connectivity index (χ0n) is 17.4. The molecule has 0 aromatic heterocycles. The molecule has 1 saturated carbocycles. The summed E-state index contributed by atoms with van der Waals surface area (Å²) in [4.78, 5) is 24.2. The van der Waals surface area contributed by atoms with Crippen LogP contribution in [0.25, 0.3) is 21.9 Å². The summed E-state index contributed by atoms with van der Waals surface area (Å²) in [7, 11) is 1.71. The van der Waals surface area contributed by atoms with Gasteiger partial charge in [0.2, 0.25) is 0 Å². The van der Waals surface area contributed by atoms with Crippen LogP contribution < -0.4 is 4.74 Å². The molecule has 0 radical (unpaired) electrons. The molecule has 3 aromatic rings. The lowest BCUT2D eigenvalue weighted by molar-refractivity contribution is -0.123. The van der Waals surface area contributed by atoms with Crippen molar-refractivity contribution in [3.63, 3.8) is 0 Å². The molecule has 1 aliphatic carbocycles. The number of Topliss-reactive ketones (excluding diaryl/α,β-unsaturated/α-hetero) is 2. The monoisotopic (exact) mass is 386 g/mol. The van der Waals surface area contributed by atoms with Crippen LogP contribution in [0, 0.1) is 0 Å². The molecule has 4 rings (SSSR count). The highest BCUT2D eigenvalue weighted by molar-refractivity contribution is 6.13. The summed E-state index contributed by atoms with van der Waals surface area (Å²) >= 11 is 0. The van der Waals surface area contributed by atoms with Crippen LogP contribution in [0.15, 0.2) is 54.6 Å². The third kappa shape index (κ3) is 3.57. The van der Waals surface area contributed by atoms with E-state index in [0.29, 0.717) is 12.8 Å². The van der Waals surface area contributed by atoms with Gasteiger partial charge in [-0.3, -0.25) is 9.59 Å². The molecule has 0 heterocycles. The maximum Gasteiger partial charge on any atom is 0.148 e. The maximum absolute atomic E-state index is 12.1. The van der Waals surface area contributed by atoms with E-state index in [-0.39, 0.29) is 17.0 Å².